The van der Waals surface area contributed by atoms with E-state index >= 15 is 0 Å². The number of amides is 1. The van der Waals surface area contributed by atoms with Gasteiger partial charge in [-0.15, -0.1) is 0 Å². The van der Waals surface area contributed by atoms with Gasteiger partial charge in [0, 0.05) is 12.1 Å². The van der Waals surface area contributed by atoms with Gasteiger partial charge in [0.25, 0.3) is 0 Å². The molecular weight excluding hydrogens is 264 g/mol. The summed E-state index contributed by atoms with van der Waals surface area (Å²) in [7, 11) is 0. The molecule has 2 atom stereocenters. The first kappa shape index (κ1) is 16.0. The summed E-state index contributed by atoms with van der Waals surface area (Å²) < 4.78 is 5.66. The van der Waals surface area contributed by atoms with Crippen molar-refractivity contribution in [1.82, 2.24) is 5.32 Å². The van der Waals surface area contributed by atoms with Gasteiger partial charge >= 0.3 is 0 Å². The number of aryl methyl sites for hydroxylation is 1. The number of carbonyl (C=O) groups is 1. The molecule has 2 rings (SSSR count). The summed E-state index contributed by atoms with van der Waals surface area (Å²) >= 11 is 0. The molecule has 4 heteroatoms. The van der Waals surface area contributed by atoms with Gasteiger partial charge in [0.05, 0.1) is 6.10 Å². The monoisotopic (exact) mass is 290 g/mol. The van der Waals surface area contributed by atoms with Crippen LogP contribution in [-0.2, 0) is 16.0 Å². The third-order valence-electron chi connectivity index (χ3n) is 4.02. The van der Waals surface area contributed by atoms with Crippen molar-refractivity contribution in [2.45, 2.75) is 57.8 Å². The van der Waals surface area contributed by atoms with E-state index in [1.54, 1.807) is 0 Å². The van der Waals surface area contributed by atoms with Gasteiger partial charge in [-0.25, -0.2) is 0 Å². The molecule has 0 aliphatic carbocycles. The Morgan fingerprint density at radius 2 is 2.10 bits per heavy atom. The normalized spacial score (nSPS) is 22.3. The average Bonchev–Trinajstić information content (AvgIpc) is 2.89. The van der Waals surface area contributed by atoms with Gasteiger partial charge < -0.3 is 15.8 Å². The minimum atomic E-state index is -0.352. The molecule has 0 spiro atoms. The summed E-state index contributed by atoms with van der Waals surface area (Å²) in [5.74, 6) is -0.0236. The number of benzene rings is 1. The number of carbonyl (C=O) groups excluding carboxylic acids is 1. The van der Waals surface area contributed by atoms with E-state index in [0.717, 1.165) is 19.3 Å². The number of nitrogens with two attached hydrogens (primary N) is 1. The fourth-order valence-electron chi connectivity index (χ4n) is 2.81. The summed E-state index contributed by atoms with van der Waals surface area (Å²) in [5, 5.41) is 3.11. The average molecular weight is 290 g/mol. The van der Waals surface area contributed by atoms with Crippen LogP contribution in [0.3, 0.4) is 0 Å². The molecule has 1 fully saturated rings. The quantitative estimate of drug-likeness (QED) is 0.871. The Hall–Kier alpha value is -1.39. The van der Waals surface area contributed by atoms with Crippen molar-refractivity contribution in [2.75, 3.05) is 6.54 Å². The predicted octanol–water partition coefficient (Wildman–Crippen LogP) is 1.94. The van der Waals surface area contributed by atoms with Gasteiger partial charge in [0.1, 0.15) is 6.10 Å². The number of nitrogens with one attached hydrogen (secondary N) is 1. The second-order valence-electron chi connectivity index (χ2n) is 6.54. The van der Waals surface area contributed by atoms with Gasteiger partial charge in [-0.3, -0.25) is 4.79 Å². The molecule has 1 aliphatic rings. The van der Waals surface area contributed by atoms with E-state index in [0.29, 0.717) is 6.54 Å². The van der Waals surface area contributed by atoms with E-state index in [2.05, 4.69) is 24.4 Å². The zero-order valence-corrected chi connectivity index (χ0v) is 13.2. The largest absolute Gasteiger partial charge is 0.364 e. The molecule has 1 saturated heterocycles. The highest BCUT2D eigenvalue weighted by molar-refractivity contribution is 5.81. The fourth-order valence-corrected chi connectivity index (χ4v) is 2.81. The van der Waals surface area contributed by atoms with E-state index < -0.39 is 0 Å². The van der Waals surface area contributed by atoms with Crippen LogP contribution in [0.25, 0.3) is 0 Å². The second-order valence-corrected chi connectivity index (χ2v) is 6.54. The van der Waals surface area contributed by atoms with E-state index in [9.17, 15) is 4.79 Å². The Kier molecular flexibility index (Phi) is 5.01. The van der Waals surface area contributed by atoms with Crippen molar-refractivity contribution in [3.63, 3.8) is 0 Å². The molecule has 1 heterocycles. The first-order valence-electron chi connectivity index (χ1n) is 7.63. The smallest absolute Gasteiger partial charge is 0.249 e. The van der Waals surface area contributed by atoms with Crippen molar-refractivity contribution in [2.24, 2.45) is 5.73 Å². The lowest BCUT2D eigenvalue weighted by atomic mass is 9.92. The van der Waals surface area contributed by atoms with Gasteiger partial charge in [0.15, 0.2) is 0 Å². The molecule has 0 bridgehead atoms. The van der Waals surface area contributed by atoms with Crippen LogP contribution in [-0.4, -0.2) is 30.2 Å². The summed E-state index contributed by atoms with van der Waals surface area (Å²) in [5.41, 5.74) is 7.80. The number of rotatable bonds is 5. The lowest BCUT2D eigenvalue weighted by Gasteiger charge is -2.28. The third-order valence-corrected chi connectivity index (χ3v) is 4.02. The fraction of sp³-hybridized carbons (Fsp3) is 0.588. The first-order valence-corrected chi connectivity index (χ1v) is 7.63. The Morgan fingerprint density at radius 3 is 2.71 bits per heavy atom. The molecule has 21 heavy (non-hydrogen) atoms. The van der Waals surface area contributed by atoms with Crippen LogP contribution >= 0.6 is 0 Å². The Labute approximate surface area is 127 Å². The van der Waals surface area contributed by atoms with E-state index in [-0.39, 0.29) is 23.7 Å². The summed E-state index contributed by atoms with van der Waals surface area (Å²) in [4.78, 5) is 12.3. The van der Waals surface area contributed by atoms with Crippen LogP contribution in [0.2, 0.25) is 0 Å². The maximum Gasteiger partial charge on any atom is 0.249 e. The topological polar surface area (TPSA) is 64.4 Å². The standard InChI is InChI=1S/C17H26N2O2/c1-12-6-4-5-7-13(12)10-17(2,3)19-16(20)15-9-8-14(11-18)21-15/h4-7,14-15H,8-11,18H2,1-3H3,(H,19,20)/t14-,15+/m1/s1. The lowest BCUT2D eigenvalue weighted by molar-refractivity contribution is -0.133. The van der Waals surface area contributed by atoms with Crippen LogP contribution in [0.4, 0.5) is 0 Å². The maximum absolute atomic E-state index is 12.3. The van der Waals surface area contributed by atoms with Crippen LogP contribution in [0, 0.1) is 6.92 Å². The van der Waals surface area contributed by atoms with E-state index in [1.165, 1.54) is 11.1 Å². The van der Waals surface area contributed by atoms with Crippen LogP contribution < -0.4 is 11.1 Å². The van der Waals surface area contributed by atoms with Gasteiger partial charge in [0.2, 0.25) is 5.91 Å². The maximum atomic E-state index is 12.3. The molecule has 1 amide bonds. The minimum Gasteiger partial charge on any atom is -0.364 e. The number of hydrogen-bond acceptors (Lipinski definition) is 3. The Balaban J connectivity index is 1.94. The van der Waals surface area contributed by atoms with Crippen molar-refractivity contribution in [3.8, 4) is 0 Å². The Morgan fingerprint density at radius 1 is 1.38 bits per heavy atom. The van der Waals surface area contributed by atoms with Gasteiger partial charge in [-0.2, -0.15) is 0 Å². The molecule has 0 radical (unpaired) electrons. The van der Waals surface area contributed by atoms with E-state index in [1.807, 2.05) is 26.0 Å². The second kappa shape index (κ2) is 6.58. The zero-order valence-electron chi connectivity index (χ0n) is 13.2. The SMILES string of the molecule is Cc1ccccc1CC(C)(C)NC(=O)[C@@H]1CC[C@H](CN)O1. The number of ether oxygens (including phenoxy) is 1. The molecular formula is C17H26N2O2. The molecule has 1 aromatic carbocycles. The van der Waals surface area contributed by atoms with Crippen LogP contribution in [0.5, 0.6) is 0 Å². The Bertz CT molecular complexity index is 499. The van der Waals surface area contributed by atoms with Crippen LogP contribution in [0.1, 0.15) is 37.8 Å². The first-order chi connectivity index (χ1) is 9.91. The van der Waals surface area contributed by atoms with Crippen molar-refractivity contribution in [3.05, 3.63) is 35.4 Å². The van der Waals surface area contributed by atoms with E-state index in [4.69, 9.17) is 10.5 Å². The highest BCUT2D eigenvalue weighted by Gasteiger charge is 2.32. The predicted molar refractivity (Wildman–Crippen MR) is 84.1 cm³/mol. The molecule has 1 aromatic rings. The van der Waals surface area contributed by atoms with Crippen LogP contribution in [0.15, 0.2) is 24.3 Å². The molecule has 0 unspecified atom stereocenters. The highest BCUT2D eigenvalue weighted by Crippen LogP contribution is 2.21. The summed E-state index contributed by atoms with van der Waals surface area (Å²) in [6, 6.07) is 8.27. The van der Waals surface area contributed by atoms with Gasteiger partial charge in [-0.05, 0) is 51.2 Å². The molecule has 116 valence electrons. The molecule has 3 N–H and O–H groups in total. The molecule has 1 aliphatic heterocycles. The molecule has 0 aromatic heterocycles. The molecule has 4 nitrogen and oxygen atoms in total. The molecule has 0 saturated carbocycles. The van der Waals surface area contributed by atoms with Crippen molar-refractivity contribution >= 4 is 5.91 Å². The number of hydrogen-bond donors (Lipinski definition) is 2. The summed E-state index contributed by atoms with van der Waals surface area (Å²) in [6.07, 6.45) is 2.11. The van der Waals surface area contributed by atoms with Gasteiger partial charge in [-0.1, -0.05) is 24.3 Å². The third kappa shape index (κ3) is 4.29. The van der Waals surface area contributed by atoms with Crippen molar-refractivity contribution in [1.29, 1.82) is 0 Å². The zero-order chi connectivity index (χ0) is 15.5. The van der Waals surface area contributed by atoms with Crippen molar-refractivity contribution < 1.29 is 9.53 Å². The lowest BCUT2D eigenvalue weighted by Crippen LogP contribution is -2.49. The highest BCUT2D eigenvalue weighted by atomic mass is 16.5. The minimum absolute atomic E-state index is 0.0236. The summed E-state index contributed by atoms with van der Waals surface area (Å²) in [6.45, 7) is 6.68.